The number of fused-ring (bicyclic) bond motifs is 2. The van der Waals surface area contributed by atoms with Gasteiger partial charge in [-0.1, -0.05) is 13.8 Å². The van der Waals surface area contributed by atoms with Crippen LogP contribution < -0.4 is 10.9 Å². The zero-order chi connectivity index (χ0) is 16.1. The van der Waals surface area contributed by atoms with Crippen LogP contribution in [0.3, 0.4) is 0 Å². The Morgan fingerprint density at radius 3 is 2.64 bits per heavy atom. The highest BCUT2D eigenvalue weighted by molar-refractivity contribution is 5.87. The van der Waals surface area contributed by atoms with Crippen molar-refractivity contribution in [2.24, 2.45) is 0 Å². The number of alkyl halides is 3. The summed E-state index contributed by atoms with van der Waals surface area (Å²) in [5.74, 6) is 0.179. The summed E-state index contributed by atoms with van der Waals surface area (Å²) in [7, 11) is 0. The molecule has 2 N–H and O–H groups in total. The average Bonchev–Trinajstić information content (AvgIpc) is 2.43. The van der Waals surface area contributed by atoms with E-state index in [0.29, 0.717) is 12.1 Å². The van der Waals surface area contributed by atoms with Gasteiger partial charge in [0.25, 0.3) is 0 Å². The summed E-state index contributed by atoms with van der Waals surface area (Å²) in [4.78, 5) is 14.0. The van der Waals surface area contributed by atoms with Crippen molar-refractivity contribution in [1.29, 1.82) is 0 Å². The maximum absolute atomic E-state index is 13.2. The molecule has 1 aliphatic heterocycles. The molecule has 1 aromatic heterocycles. The van der Waals surface area contributed by atoms with Crippen molar-refractivity contribution >= 4 is 16.6 Å². The molecule has 0 fully saturated rings. The average molecular weight is 310 g/mol. The molecule has 22 heavy (non-hydrogen) atoms. The third-order valence-corrected chi connectivity index (χ3v) is 4.34. The molecule has 0 spiro atoms. The van der Waals surface area contributed by atoms with Crippen molar-refractivity contribution in [3.8, 4) is 0 Å². The van der Waals surface area contributed by atoms with Crippen LogP contribution in [0, 0.1) is 0 Å². The minimum Gasteiger partial charge on any atom is -0.382 e. The fourth-order valence-corrected chi connectivity index (χ4v) is 3.19. The Bertz CT molecular complexity index is 779. The highest BCUT2D eigenvalue weighted by Crippen LogP contribution is 2.40. The first-order valence-corrected chi connectivity index (χ1v) is 7.34. The topological polar surface area (TPSA) is 44.9 Å². The van der Waals surface area contributed by atoms with Crippen LogP contribution in [0.15, 0.2) is 23.0 Å². The number of hydrogen-bond donors (Lipinski definition) is 2. The predicted octanol–water partition coefficient (Wildman–Crippen LogP) is 4.24. The zero-order valence-electron chi connectivity index (χ0n) is 12.3. The Hall–Kier alpha value is -1.98. The van der Waals surface area contributed by atoms with Gasteiger partial charge in [0.05, 0.1) is 11.1 Å². The molecule has 6 heteroatoms. The third-order valence-electron chi connectivity index (χ3n) is 4.34. The van der Waals surface area contributed by atoms with E-state index in [1.807, 2.05) is 6.92 Å². The molecule has 118 valence electrons. The summed E-state index contributed by atoms with van der Waals surface area (Å²) in [5, 5.41) is 3.39. The van der Waals surface area contributed by atoms with Gasteiger partial charge in [-0.15, -0.1) is 0 Å². The van der Waals surface area contributed by atoms with Gasteiger partial charge in [0, 0.05) is 23.2 Å². The number of rotatable bonds is 1. The first kappa shape index (κ1) is 14.9. The second-order valence-corrected chi connectivity index (χ2v) is 5.92. The normalized spacial score (nSPS) is 21.5. The summed E-state index contributed by atoms with van der Waals surface area (Å²) in [6, 6.07) is 4.12. The van der Waals surface area contributed by atoms with Crippen molar-refractivity contribution in [3.63, 3.8) is 0 Å². The van der Waals surface area contributed by atoms with Gasteiger partial charge in [-0.25, -0.2) is 0 Å². The number of aromatic nitrogens is 1. The van der Waals surface area contributed by atoms with Crippen molar-refractivity contribution in [3.05, 3.63) is 39.7 Å². The smallest absolute Gasteiger partial charge is 0.382 e. The molecule has 0 radical (unpaired) electrons. The number of nitrogens with one attached hydrogen (secondary N) is 2. The van der Waals surface area contributed by atoms with E-state index >= 15 is 0 Å². The highest BCUT2D eigenvalue weighted by atomic mass is 19.4. The molecule has 3 nitrogen and oxygen atoms in total. The lowest BCUT2D eigenvalue weighted by atomic mass is 9.86. The van der Waals surface area contributed by atoms with Gasteiger partial charge in [-0.3, -0.25) is 4.79 Å². The third kappa shape index (κ3) is 2.46. The summed E-state index contributed by atoms with van der Waals surface area (Å²) >= 11 is 0. The number of anilines is 1. The Kier molecular flexibility index (Phi) is 3.42. The number of benzene rings is 1. The van der Waals surface area contributed by atoms with Crippen LogP contribution in [0.4, 0.5) is 18.9 Å². The molecule has 0 saturated heterocycles. The summed E-state index contributed by atoms with van der Waals surface area (Å²) < 4.78 is 39.5. The van der Waals surface area contributed by atoms with E-state index in [2.05, 4.69) is 17.2 Å². The predicted molar refractivity (Wildman–Crippen MR) is 80.3 cm³/mol. The number of pyridine rings is 1. The fraction of sp³-hybridized carbons (Fsp3) is 0.438. The Balaban J connectivity index is 2.27. The second-order valence-electron chi connectivity index (χ2n) is 5.92. The van der Waals surface area contributed by atoms with Gasteiger partial charge in [-0.05, 0) is 36.5 Å². The van der Waals surface area contributed by atoms with Crippen LogP contribution >= 0.6 is 0 Å². The van der Waals surface area contributed by atoms with Crippen LogP contribution in [-0.4, -0.2) is 11.0 Å². The monoisotopic (exact) mass is 310 g/mol. The minimum atomic E-state index is -4.54. The Morgan fingerprint density at radius 1 is 1.27 bits per heavy atom. The first-order chi connectivity index (χ1) is 10.3. The lowest BCUT2D eigenvalue weighted by molar-refractivity contribution is -0.136. The highest BCUT2D eigenvalue weighted by Gasteiger charge is 2.34. The summed E-state index contributed by atoms with van der Waals surface area (Å²) in [6.45, 7) is 4.09. The molecule has 1 aliphatic rings. The van der Waals surface area contributed by atoms with Crippen LogP contribution in [-0.2, 0) is 6.18 Å². The van der Waals surface area contributed by atoms with Gasteiger partial charge in [0.1, 0.15) is 0 Å². The van der Waals surface area contributed by atoms with E-state index in [-0.39, 0.29) is 16.8 Å². The van der Waals surface area contributed by atoms with E-state index in [9.17, 15) is 18.0 Å². The van der Waals surface area contributed by atoms with Crippen molar-refractivity contribution in [2.75, 3.05) is 5.32 Å². The van der Waals surface area contributed by atoms with E-state index < -0.39 is 17.3 Å². The molecule has 0 bridgehead atoms. The van der Waals surface area contributed by atoms with Crippen LogP contribution in [0.1, 0.15) is 43.7 Å². The lowest BCUT2D eigenvalue weighted by Crippen LogP contribution is -2.26. The van der Waals surface area contributed by atoms with Crippen molar-refractivity contribution in [2.45, 2.75) is 44.8 Å². The molecule has 0 amide bonds. The van der Waals surface area contributed by atoms with Gasteiger partial charge in [-0.2, -0.15) is 13.2 Å². The fourth-order valence-electron chi connectivity index (χ4n) is 3.19. The molecule has 1 aromatic carbocycles. The molecule has 2 heterocycles. The van der Waals surface area contributed by atoms with E-state index in [1.165, 1.54) is 0 Å². The molecular weight excluding hydrogens is 293 g/mol. The van der Waals surface area contributed by atoms with Gasteiger partial charge in [0.15, 0.2) is 0 Å². The molecule has 2 atom stereocenters. The van der Waals surface area contributed by atoms with E-state index in [0.717, 1.165) is 24.1 Å². The molecule has 0 aliphatic carbocycles. The standard InChI is InChI=1S/C16H17F3N2O/c1-3-9-4-8(2)10-5-11-12(16(17,18)19)6-15(22)21-14(11)7-13(10)20-9/h5-9,20H,3-4H2,1-2H3,(H,21,22)/t8-,9+/m0/s1. The maximum Gasteiger partial charge on any atom is 0.417 e. The molecule has 0 saturated carbocycles. The van der Waals surface area contributed by atoms with E-state index in [4.69, 9.17) is 0 Å². The number of halogens is 3. The zero-order valence-corrected chi connectivity index (χ0v) is 12.3. The van der Waals surface area contributed by atoms with Crippen molar-refractivity contribution in [1.82, 2.24) is 4.98 Å². The molecular formula is C16H17F3N2O. The molecule has 0 unspecified atom stereocenters. The SMILES string of the molecule is CC[C@@H]1C[C@H](C)c2cc3c(C(F)(F)F)cc(=O)[nH]c3cc2N1. The van der Waals surface area contributed by atoms with Gasteiger partial charge >= 0.3 is 6.18 Å². The Labute approximate surface area is 125 Å². The number of H-pyrrole nitrogens is 1. The molecule has 2 aromatic rings. The van der Waals surface area contributed by atoms with Crippen LogP contribution in [0.2, 0.25) is 0 Å². The second kappa shape index (κ2) is 5.04. The minimum absolute atomic E-state index is 0.0504. The Morgan fingerprint density at radius 2 is 2.00 bits per heavy atom. The van der Waals surface area contributed by atoms with Crippen LogP contribution in [0.5, 0.6) is 0 Å². The largest absolute Gasteiger partial charge is 0.417 e. The van der Waals surface area contributed by atoms with Gasteiger partial charge in [0.2, 0.25) is 5.56 Å². The summed E-state index contributed by atoms with van der Waals surface area (Å²) in [5.41, 5.74) is 0.285. The number of hydrogen-bond acceptors (Lipinski definition) is 2. The molecule has 3 rings (SSSR count). The number of aromatic amines is 1. The lowest BCUT2D eigenvalue weighted by Gasteiger charge is -2.31. The van der Waals surface area contributed by atoms with Crippen LogP contribution in [0.25, 0.3) is 10.9 Å². The van der Waals surface area contributed by atoms with Crippen molar-refractivity contribution < 1.29 is 13.2 Å². The first-order valence-electron chi connectivity index (χ1n) is 7.34. The maximum atomic E-state index is 13.2. The van der Waals surface area contributed by atoms with E-state index in [1.54, 1.807) is 12.1 Å². The summed E-state index contributed by atoms with van der Waals surface area (Å²) in [6.07, 6.45) is -2.71. The van der Waals surface area contributed by atoms with Gasteiger partial charge < -0.3 is 10.3 Å². The quantitative estimate of drug-likeness (QED) is 0.827.